The molecular formula is C22H27N3O2S. The maximum atomic E-state index is 13.2. The lowest BCUT2D eigenvalue weighted by molar-refractivity contribution is 0.307. The zero-order valence-corrected chi connectivity index (χ0v) is 17.5. The standard InChI is InChI=1S/C22H27N3O2S/c1-16(2)17-10-12-19(13-11-17)28(26,27)25-14-6-7-18(15-25)22-23-20-8-4-5-9-21(20)24(22)3/h4-5,8-13,16,18H,6-7,14-15H2,1-3H3. The van der Waals surface area contributed by atoms with Gasteiger partial charge in [-0.25, -0.2) is 13.4 Å². The highest BCUT2D eigenvalue weighted by Gasteiger charge is 2.32. The number of para-hydroxylation sites is 2. The van der Waals surface area contributed by atoms with Gasteiger partial charge in [0.1, 0.15) is 5.82 Å². The fraction of sp³-hybridized carbons (Fsp3) is 0.409. The summed E-state index contributed by atoms with van der Waals surface area (Å²) in [6.07, 6.45) is 1.80. The van der Waals surface area contributed by atoms with E-state index in [4.69, 9.17) is 4.98 Å². The number of sulfonamides is 1. The second-order valence-corrected chi connectivity index (χ2v) is 9.88. The highest BCUT2D eigenvalue weighted by atomic mass is 32.2. The Bertz CT molecular complexity index is 1080. The van der Waals surface area contributed by atoms with E-state index in [0.29, 0.717) is 23.9 Å². The minimum atomic E-state index is -3.49. The van der Waals surface area contributed by atoms with Crippen LogP contribution in [0.25, 0.3) is 11.0 Å². The molecule has 0 amide bonds. The van der Waals surface area contributed by atoms with Gasteiger partial charge in [0, 0.05) is 26.1 Å². The average molecular weight is 398 g/mol. The smallest absolute Gasteiger partial charge is 0.243 e. The first-order valence-corrected chi connectivity index (χ1v) is 11.3. The van der Waals surface area contributed by atoms with Crippen LogP contribution in [0.3, 0.4) is 0 Å². The molecule has 1 fully saturated rings. The predicted molar refractivity (Wildman–Crippen MR) is 112 cm³/mol. The Labute approximate surface area is 167 Å². The molecular weight excluding hydrogens is 370 g/mol. The lowest BCUT2D eigenvalue weighted by Gasteiger charge is -2.31. The van der Waals surface area contributed by atoms with Gasteiger partial charge in [-0.1, -0.05) is 38.1 Å². The van der Waals surface area contributed by atoms with Gasteiger partial charge in [0.25, 0.3) is 0 Å². The van der Waals surface area contributed by atoms with Crippen molar-refractivity contribution in [2.75, 3.05) is 13.1 Å². The Morgan fingerprint density at radius 1 is 1.07 bits per heavy atom. The number of benzene rings is 2. The topological polar surface area (TPSA) is 55.2 Å². The zero-order valence-electron chi connectivity index (χ0n) is 16.7. The van der Waals surface area contributed by atoms with E-state index in [-0.39, 0.29) is 5.92 Å². The third kappa shape index (κ3) is 3.35. The van der Waals surface area contributed by atoms with Crippen LogP contribution in [0.5, 0.6) is 0 Å². The van der Waals surface area contributed by atoms with E-state index in [1.54, 1.807) is 16.4 Å². The van der Waals surface area contributed by atoms with E-state index < -0.39 is 10.0 Å². The lowest BCUT2D eigenvalue weighted by atomic mass is 9.99. The summed E-state index contributed by atoms with van der Waals surface area (Å²) >= 11 is 0. The maximum absolute atomic E-state index is 13.2. The van der Waals surface area contributed by atoms with E-state index in [1.165, 1.54) is 0 Å². The second kappa shape index (κ2) is 7.33. The van der Waals surface area contributed by atoms with Crippen LogP contribution in [0, 0.1) is 0 Å². The molecule has 1 aliphatic heterocycles. The molecule has 6 heteroatoms. The van der Waals surface area contributed by atoms with Crippen LogP contribution in [0.1, 0.15) is 49.9 Å². The Balaban J connectivity index is 1.61. The normalized spacial score (nSPS) is 18.8. The van der Waals surface area contributed by atoms with E-state index in [0.717, 1.165) is 35.3 Å². The maximum Gasteiger partial charge on any atom is 0.243 e. The van der Waals surface area contributed by atoms with Crippen LogP contribution in [0.4, 0.5) is 0 Å². The Morgan fingerprint density at radius 2 is 1.79 bits per heavy atom. The van der Waals surface area contributed by atoms with Crippen molar-refractivity contribution in [1.29, 1.82) is 0 Å². The molecule has 1 saturated heterocycles. The molecule has 1 aliphatic rings. The highest BCUT2D eigenvalue weighted by Crippen LogP contribution is 2.31. The number of rotatable bonds is 4. The fourth-order valence-electron chi connectivity index (χ4n) is 4.07. The van der Waals surface area contributed by atoms with Crippen LogP contribution in [0.15, 0.2) is 53.4 Å². The van der Waals surface area contributed by atoms with E-state index in [2.05, 4.69) is 24.5 Å². The molecule has 5 nitrogen and oxygen atoms in total. The number of nitrogens with zero attached hydrogens (tertiary/aromatic N) is 3. The van der Waals surface area contributed by atoms with Crippen molar-refractivity contribution >= 4 is 21.1 Å². The molecule has 0 radical (unpaired) electrons. The summed E-state index contributed by atoms with van der Waals surface area (Å²) in [7, 11) is -1.48. The molecule has 1 unspecified atom stereocenters. The molecule has 2 aromatic carbocycles. The third-order valence-electron chi connectivity index (χ3n) is 5.76. The number of aryl methyl sites for hydroxylation is 1. The van der Waals surface area contributed by atoms with Gasteiger partial charge in [-0.3, -0.25) is 0 Å². The molecule has 28 heavy (non-hydrogen) atoms. The van der Waals surface area contributed by atoms with Crippen molar-refractivity contribution in [2.45, 2.75) is 43.4 Å². The monoisotopic (exact) mass is 397 g/mol. The molecule has 0 N–H and O–H groups in total. The van der Waals surface area contributed by atoms with Crippen molar-refractivity contribution in [2.24, 2.45) is 7.05 Å². The first kappa shape index (κ1) is 19.2. The number of imidazole rings is 1. The molecule has 2 heterocycles. The first-order chi connectivity index (χ1) is 13.4. The Hall–Kier alpha value is -2.18. The van der Waals surface area contributed by atoms with Crippen molar-refractivity contribution in [3.05, 3.63) is 59.9 Å². The third-order valence-corrected chi connectivity index (χ3v) is 7.63. The Morgan fingerprint density at radius 3 is 2.46 bits per heavy atom. The number of fused-ring (bicyclic) bond motifs is 1. The molecule has 4 rings (SSSR count). The molecule has 3 aromatic rings. The van der Waals surface area contributed by atoms with Crippen LogP contribution >= 0.6 is 0 Å². The summed E-state index contributed by atoms with van der Waals surface area (Å²) in [6.45, 7) is 5.26. The number of hydrogen-bond acceptors (Lipinski definition) is 3. The fourth-order valence-corrected chi connectivity index (χ4v) is 5.60. The molecule has 0 aliphatic carbocycles. The quantitative estimate of drug-likeness (QED) is 0.661. The van der Waals surface area contributed by atoms with Gasteiger partial charge in [0.2, 0.25) is 10.0 Å². The van der Waals surface area contributed by atoms with Gasteiger partial charge >= 0.3 is 0 Å². The molecule has 1 aromatic heterocycles. The summed E-state index contributed by atoms with van der Waals surface area (Å²) in [5, 5.41) is 0. The molecule has 0 spiro atoms. The van der Waals surface area contributed by atoms with Gasteiger partial charge < -0.3 is 4.57 Å². The summed E-state index contributed by atoms with van der Waals surface area (Å²) in [6, 6.07) is 15.4. The predicted octanol–water partition coefficient (Wildman–Crippen LogP) is 4.27. The van der Waals surface area contributed by atoms with Crippen molar-refractivity contribution in [3.63, 3.8) is 0 Å². The van der Waals surface area contributed by atoms with Crippen LogP contribution < -0.4 is 0 Å². The van der Waals surface area contributed by atoms with Gasteiger partial charge in [0.15, 0.2) is 0 Å². The van der Waals surface area contributed by atoms with Crippen molar-refractivity contribution in [3.8, 4) is 0 Å². The molecule has 0 saturated carbocycles. The molecule has 148 valence electrons. The second-order valence-electron chi connectivity index (χ2n) is 7.94. The summed E-state index contributed by atoms with van der Waals surface area (Å²) in [5.41, 5.74) is 3.20. The molecule has 0 bridgehead atoms. The van der Waals surface area contributed by atoms with Gasteiger partial charge in [-0.05, 0) is 48.6 Å². The average Bonchev–Trinajstić information content (AvgIpc) is 3.05. The van der Waals surface area contributed by atoms with Crippen LogP contribution in [-0.4, -0.2) is 35.4 Å². The van der Waals surface area contributed by atoms with E-state index in [9.17, 15) is 8.42 Å². The SMILES string of the molecule is CC(C)c1ccc(S(=O)(=O)N2CCCC(c3nc4ccccc4n3C)C2)cc1. The Kier molecular flexibility index (Phi) is 5.02. The minimum absolute atomic E-state index is 0.107. The van der Waals surface area contributed by atoms with Crippen LogP contribution in [0.2, 0.25) is 0 Å². The highest BCUT2D eigenvalue weighted by molar-refractivity contribution is 7.89. The number of aromatic nitrogens is 2. The van der Waals surface area contributed by atoms with E-state index >= 15 is 0 Å². The van der Waals surface area contributed by atoms with E-state index in [1.807, 2.05) is 37.4 Å². The van der Waals surface area contributed by atoms with Gasteiger partial charge in [-0.2, -0.15) is 4.31 Å². The van der Waals surface area contributed by atoms with Crippen molar-refractivity contribution < 1.29 is 8.42 Å². The van der Waals surface area contributed by atoms with Crippen molar-refractivity contribution in [1.82, 2.24) is 13.9 Å². The van der Waals surface area contributed by atoms with Gasteiger partial charge in [-0.15, -0.1) is 0 Å². The molecule has 1 atom stereocenters. The number of hydrogen-bond donors (Lipinski definition) is 0. The minimum Gasteiger partial charge on any atom is -0.331 e. The summed E-state index contributed by atoms with van der Waals surface area (Å²) < 4.78 is 30.1. The van der Waals surface area contributed by atoms with Gasteiger partial charge in [0.05, 0.1) is 15.9 Å². The first-order valence-electron chi connectivity index (χ1n) is 9.89. The van der Waals surface area contributed by atoms with Crippen LogP contribution in [-0.2, 0) is 17.1 Å². The summed E-state index contributed by atoms with van der Waals surface area (Å²) in [5.74, 6) is 1.46. The largest absolute Gasteiger partial charge is 0.331 e. The summed E-state index contributed by atoms with van der Waals surface area (Å²) in [4.78, 5) is 5.18. The lowest BCUT2D eigenvalue weighted by Crippen LogP contribution is -2.39. The number of piperidine rings is 1. The zero-order chi connectivity index (χ0) is 19.9.